The van der Waals surface area contributed by atoms with Crippen LogP contribution in [0, 0.1) is 0 Å². The number of amides is 1. The molecule has 24 heavy (non-hydrogen) atoms. The molecule has 3 aromatic rings. The van der Waals surface area contributed by atoms with Gasteiger partial charge in [0.25, 0.3) is 5.91 Å². The van der Waals surface area contributed by atoms with Crippen LogP contribution in [-0.2, 0) is 0 Å². The van der Waals surface area contributed by atoms with Crippen LogP contribution in [-0.4, -0.2) is 34.5 Å². The lowest BCUT2D eigenvalue weighted by molar-refractivity contribution is 0.0950. The zero-order valence-electron chi connectivity index (χ0n) is 12.7. The summed E-state index contributed by atoms with van der Waals surface area (Å²) in [6.45, 7) is 0. The molecule has 0 saturated heterocycles. The highest BCUT2D eigenvalue weighted by Gasteiger charge is 2.11. The third-order valence-electron chi connectivity index (χ3n) is 3.22. The minimum Gasteiger partial charge on any atom is -0.504 e. The maximum atomic E-state index is 12.0. The van der Waals surface area contributed by atoms with E-state index >= 15 is 0 Å². The predicted octanol–water partition coefficient (Wildman–Crippen LogP) is 2.62. The van der Waals surface area contributed by atoms with Crippen LogP contribution in [0.1, 0.15) is 16.1 Å². The molecule has 0 aliphatic rings. The van der Waals surface area contributed by atoms with E-state index in [1.54, 1.807) is 35.6 Å². The number of H-pyrrole nitrogens is 1. The summed E-state index contributed by atoms with van der Waals surface area (Å²) in [5, 5.41) is 22.5. The van der Waals surface area contributed by atoms with Crippen molar-refractivity contribution in [2.45, 2.75) is 0 Å². The number of aromatic amines is 1. The number of hydrazone groups is 1. The number of ether oxygens (including phenoxy) is 1. The summed E-state index contributed by atoms with van der Waals surface area (Å²) >= 11 is 1.55. The van der Waals surface area contributed by atoms with E-state index in [2.05, 4.69) is 20.7 Å². The number of nitrogens with one attached hydrogen (secondary N) is 2. The number of aromatic nitrogens is 2. The molecular formula is C16H14N4O3S. The molecule has 0 atom stereocenters. The third-order valence-corrected chi connectivity index (χ3v) is 4.12. The summed E-state index contributed by atoms with van der Waals surface area (Å²) in [6.07, 6.45) is 1.34. The molecule has 0 aliphatic carbocycles. The second-order valence-electron chi connectivity index (χ2n) is 4.74. The highest BCUT2D eigenvalue weighted by Crippen LogP contribution is 2.28. The van der Waals surface area contributed by atoms with Gasteiger partial charge in [-0.2, -0.15) is 10.2 Å². The van der Waals surface area contributed by atoms with Crippen molar-refractivity contribution >= 4 is 23.5 Å². The first kappa shape index (κ1) is 15.8. The van der Waals surface area contributed by atoms with Crippen molar-refractivity contribution in [2.24, 2.45) is 5.10 Å². The maximum absolute atomic E-state index is 12.0. The van der Waals surface area contributed by atoms with Crippen LogP contribution in [0.2, 0.25) is 0 Å². The van der Waals surface area contributed by atoms with E-state index in [4.69, 9.17) is 4.74 Å². The van der Waals surface area contributed by atoms with Gasteiger partial charge < -0.3 is 9.84 Å². The van der Waals surface area contributed by atoms with Crippen LogP contribution >= 0.6 is 11.3 Å². The second kappa shape index (κ2) is 6.97. The van der Waals surface area contributed by atoms with Gasteiger partial charge in [-0.3, -0.25) is 9.89 Å². The number of carbonyl (C=O) groups is 1. The molecule has 0 bridgehead atoms. The molecule has 7 nitrogen and oxygen atoms in total. The summed E-state index contributed by atoms with van der Waals surface area (Å²) in [5.41, 5.74) is 3.79. The van der Waals surface area contributed by atoms with Crippen LogP contribution in [0.25, 0.3) is 10.6 Å². The van der Waals surface area contributed by atoms with Crippen molar-refractivity contribution in [3.05, 3.63) is 53.0 Å². The average Bonchev–Trinajstić information content (AvgIpc) is 3.27. The normalized spacial score (nSPS) is 10.9. The number of nitrogens with zero attached hydrogens (tertiary/aromatic N) is 2. The van der Waals surface area contributed by atoms with Crippen LogP contribution in [0.3, 0.4) is 0 Å². The molecule has 0 radical (unpaired) electrons. The first-order chi connectivity index (χ1) is 11.7. The highest BCUT2D eigenvalue weighted by molar-refractivity contribution is 7.13. The van der Waals surface area contributed by atoms with Gasteiger partial charge in [0.05, 0.1) is 23.9 Å². The number of aromatic hydroxyl groups is 1. The molecule has 0 unspecified atom stereocenters. The van der Waals surface area contributed by atoms with E-state index in [1.807, 2.05) is 17.5 Å². The Labute approximate surface area is 141 Å². The number of hydrogen-bond acceptors (Lipinski definition) is 6. The second-order valence-corrected chi connectivity index (χ2v) is 5.69. The molecule has 0 saturated carbocycles. The van der Waals surface area contributed by atoms with Gasteiger partial charge in [-0.05, 0) is 29.6 Å². The first-order valence-electron chi connectivity index (χ1n) is 6.97. The van der Waals surface area contributed by atoms with Crippen molar-refractivity contribution in [3.8, 4) is 22.1 Å². The summed E-state index contributed by atoms with van der Waals surface area (Å²) < 4.78 is 5.01. The Kier molecular flexibility index (Phi) is 4.57. The predicted molar refractivity (Wildman–Crippen MR) is 91.6 cm³/mol. The Morgan fingerprint density at radius 1 is 1.42 bits per heavy atom. The van der Waals surface area contributed by atoms with Crippen molar-refractivity contribution in [1.82, 2.24) is 15.6 Å². The number of phenols is 1. The fraction of sp³-hybridized carbons (Fsp3) is 0.0625. The van der Waals surface area contributed by atoms with Crippen LogP contribution < -0.4 is 10.2 Å². The molecule has 122 valence electrons. The number of phenolic OH excluding ortho intramolecular Hbond substituents is 1. The summed E-state index contributed by atoms with van der Waals surface area (Å²) in [7, 11) is 1.46. The molecule has 1 aromatic carbocycles. The largest absolute Gasteiger partial charge is 0.504 e. The third kappa shape index (κ3) is 3.28. The molecule has 0 aliphatic heterocycles. The van der Waals surface area contributed by atoms with Crippen molar-refractivity contribution in [3.63, 3.8) is 0 Å². The number of methoxy groups -OCH3 is 1. The number of hydrogen-bond donors (Lipinski definition) is 3. The Hall–Kier alpha value is -3.13. The van der Waals surface area contributed by atoms with E-state index < -0.39 is 5.91 Å². The molecule has 0 spiro atoms. The quantitative estimate of drug-likeness (QED) is 0.490. The Bertz CT molecular complexity index is 871. The minimum absolute atomic E-state index is 0.0437. The highest BCUT2D eigenvalue weighted by atomic mass is 32.1. The first-order valence-corrected chi connectivity index (χ1v) is 7.85. The molecule has 3 N–H and O–H groups in total. The fourth-order valence-electron chi connectivity index (χ4n) is 2.02. The van der Waals surface area contributed by atoms with E-state index in [9.17, 15) is 9.90 Å². The maximum Gasteiger partial charge on any atom is 0.291 e. The van der Waals surface area contributed by atoms with Crippen LogP contribution in [0.4, 0.5) is 0 Å². The Morgan fingerprint density at radius 2 is 2.29 bits per heavy atom. The zero-order chi connectivity index (χ0) is 16.9. The topological polar surface area (TPSA) is 99.6 Å². The van der Waals surface area contributed by atoms with Gasteiger partial charge in [0, 0.05) is 5.56 Å². The van der Waals surface area contributed by atoms with Crippen molar-refractivity contribution < 1.29 is 14.6 Å². The van der Waals surface area contributed by atoms with Gasteiger partial charge in [-0.1, -0.05) is 12.1 Å². The fourth-order valence-corrected chi connectivity index (χ4v) is 2.71. The number of carbonyl (C=O) groups excluding carboxylic acids is 1. The summed E-state index contributed by atoms with van der Waals surface area (Å²) in [4.78, 5) is 13.0. The van der Waals surface area contributed by atoms with Gasteiger partial charge in [-0.15, -0.1) is 11.3 Å². The standard InChI is InChI=1S/C16H14N4O3S/c1-23-13-5-2-4-10(15(13)21)9-17-20-16(22)12-8-11(18-19-12)14-6-3-7-24-14/h2-9,21H,1H3,(H,18,19)(H,20,22). The Morgan fingerprint density at radius 3 is 3.04 bits per heavy atom. The molecule has 2 heterocycles. The van der Waals surface area contributed by atoms with Gasteiger partial charge in [0.2, 0.25) is 0 Å². The van der Waals surface area contributed by atoms with Gasteiger partial charge >= 0.3 is 0 Å². The molecule has 2 aromatic heterocycles. The van der Waals surface area contributed by atoms with Crippen molar-refractivity contribution in [1.29, 1.82) is 0 Å². The lowest BCUT2D eigenvalue weighted by Crippen LogP contribution is -2.18. The lowest BCUT2D eigenvalue weighted by Gasteiger charge is -2.04. The van der Waals surface area contributed by atoms with Crippen molar-refractivity contribution in [2.75, 3.05) is 7.11 Å². The SMILES string of the molecule is COc1cccc(C=NNC(=O)c2cc(-c3cccs3)[nH]n2)c1O. The van der Waals surface area contributed by atoms with Gasteiger partial charge in [0.1, 0.15) is 0 Å². The van der Waals surface area contributed by atoms with Crippen LogP contribution in [0.5, 0.6) is 11.5 Å². The number of benzene rings is 1. The van der Waals surface area contributed by atoms with E-state index in [0.717, 1.165) is 10.6 Å². The van der Waals surface area contributed by atoms with Crippen LogP contribution in [0.15, 0.2) is 46.9 Å². The molecule has 8 heteroatoms. The lowest BCUT2D eigenvalue weighted by atomic mass is 10.2. The van der Waals surface area contributed by atoms with E-state index in [-0.39, 0.29) is 11.4 Å². The Balaban J connectivity index is 1.68. The van der Waals surface area contributed by atoms with Gasteiger partial charge in [-0.25, -0.2) is 5.43 Å². The number of rotatable bonds is 5. The summed E-state index contributed by atoms with van der Waals surface area (Å²) in [6, 6.07) is 10.5. The summed E-state index contributed by atoms with van der Waals surface area (Å²) in [5.74, 6) is -0.163. The van der Waals surface area contributed by atoms with E-state index in [1.165, 1.54) is 13.3 Å². The number of thiophene rings is 1. The number of para-hydroxylation sites is 1. The molecular weight excluding hydrogens is 328 g/mol. The molecule has 3 rings (SSSR count). The molecule has 0 fully saturated rings. The monoisotopic (exact) mass is 342 g/mol. The molecule has 1 amide bonds. The smallest absolute Gasteiger partial charge is 0.291 e. The van der Waals surface area contributed by atoms with Gasteiger partial charge in [0.15, 0.2) is 17.2 Å². The minimum atomic E-state index is -0.451. The zero-order valence-corrected chi connectivity index (χ0v) is 13.5. The van der Waals surface area contributed by atoms with E-state index in [0.29, 0.717) is 11.3 Å². The average molecular weight is 342 g/mol.